The number of aliphatic hydroxyl groups excluding tert-OH is 1. The predicted molar refractivity (Wildman–Crippen MR) is 72.5 cm³/mol. The van der Waals surface area contributed by atoms with Gasteiger partial charge in [0.05, 0.1) is 6.10 Å². The van der Waals surface area contributed by atoms with Crippen molar-refractivity contribution in [2.24, 2.45) is 11.7 Å². The van der Waals surface area contributed by atoms with E-state index in [1.54, 1.807) is 0 Å². The summed E-state index contributed by atoms with van der Waals surface area (Å²) in [5.41, 5.74) is 7.17. The van der Waals surface area contributed by atoms with Crippen LogP contribution >= 0.6 is 0 Å². The lowest BCUT2D eigenvalue weighted by Gasteiger charge is -2.39. The van der Waals surface area contributed by atoms with Crippen molar-refractivity contribution in [3.8, 4) is 11.5 Å². The minimum absolute atomic E-state index is 0.0961. The first-order valence-corrected chi connectivity index (χ1v) is 6.71. The topological polar surface area (TPSA) is 68.0 Å². The fraction of sp³-hybridized carbons (Fsp3) is 0.571. The molecule has 3 atom stereocenters. The number of piperidine rings is 1. The van der Waals surface area contributed by atoms with Crippen molar-refractivity contribution < 1.29 is 14.6 Å². The molecule has 3 rings (SSSR count). The van der Waals surface area contributed by atoms with Gasteiger partial charge >= 0.3 is 0 Å². The normalized spacial score (nSPS) is 27.4. The van der Waals surface area contributed by atoms with E-state index in [4.69, 9.17) is 15.2 Å². The molecular weight excluding hydrogens is 244 g/mol. The summed E-state index contributed by atoms with van der Waals surface area (Å²) in [5.74, 6) is 1.79. The van der Waals surface area contributed by atoms with Gasteiger partial charge in [-0.05, 0) is 25.5 Å². The molecular formula is C14H20N2O3. The van der Waals surface area contributed by atoms with Gasteiger partial charge in [0, 0.05) is 36.8 Å². The van der Waals surface area contributed by atoms with Crippen LogP contribution in [0.25, 0.3) is 0 Å². The molecule has 0 bridgehead atoms. The number of benzene rings is 1. The highest BCUT2D eigenvalue weighted by Crippen LogP contribution is 2.36. The largest absolute Gasteiger partial charge is 0.454 e. The molecule has 2 aliphatic heterocycles. The van der Waals surface area contributed by atoms with Crippen LogP contribution in [0, 0.1) is 5.92 Å². The van der Waals surface area contributed by atoms with Gasteiger partial charge in [-0.1, -0.05) is 0 Å². The van der Waals surface area contributed by atoms with Crippen molar-refractivity contribution in [1.29, 1.82) is 0 Å². The highest BCUT2D eigenvalue weighted by atomic mass is 16.7. The molecule has 5 heteroatoms. The Morgan fingerprint density at radius 1 is 1.32 bits per heavy atom. The Balaban J connectivity index is 1.81. The van der Waals surface area contributed by atoms with Gasteiger partial charge in [-0.15, -0.1) is 0 Å². The number of nitrogens with two attached hydrogens (primary N) is 1. The number of hydrogen-bond acceptors (Lipinski definition) is 5. The first-order chi connectivity index (χ1) is 9.13. The molecule has 1 aromatic rings. The molecule has 0 aromatic heterocycles. The summed E-state index contributed by atoms with van der Waals surface area (Å²) in [4.78, 5) is 2.22. The molecule has 1 aromatic carbocycles. The fourth-order valence-corrected chi connectivity index (χ4v) is 2.82. The average Bonchev–Trinajstić information content (AvgIpc) is 2.85. The second-order valence-corrected chi connectivity index (χ2v) is 5.44. The number of aliphatic hydroxyl groups is 1. The molecule has 104 valence electrons. The van der Waals surface area contributed by atoms with Crippen molar-refractivity contribution in [3.63, 3.8) is 0 Å². The van der Waals surface area contributed by atoms with Gasteiger partial charge in [-0.3, -0.25) is 0 Å². The lowest BCUT2D eigenvalue weighted by molar-refractivity contribution is 0.110. The second kappa shape index (κ2) is 4.90. The molecule has 3 N–H and O–H groups in total. The summed E-state index contributed by atoms with van der Waals surface area (Å²) < 4.78 is 10.7. The van der Waals surface area contributed by atoms with E-state index in [9.17, 15) is 5.11 Å². The van der Waals surface area contributed by atoms with Crippen LogP contribution in [-0.2, 0) is 0 Å². The summed E-state index contributed by atoms with van der Waals surface area (Å²) in [6.07, 6.45) is 0.543. The fourth-order valence-electron chi connectivity index (χ4n) is 2.82. The maximum absolute atomic E-state index is 9.79. The molecule has 0 aliphatic carbocycles. The molecule has 2 aliphatic rings. The van der Waals surface area contributed by atoms with Crippen LogP contribution in [0.4, 0.5) is 5.69 Å². The molecule has 1 saturated heterocycles. The smallest absolute Gasteiger partial charge is 0.231 e. The van der Waals surface area contributed by atoms with Gasteiger partial charge in [-0.25, -0.2) is 0 Å². The minimum atomic E-state index is -0.331. The summed E-state index contributed by atoms with van der Waals surface area (Å²) in [6.45, 7) is 3.75. The maximum atomic E-state index is 9.79. The zero-order chi connectivity index (χ0) is 13.4. The molecule has 1 fully saturated rings. The van der Waals surface area contributed by atoms with Crippen LogP contribution in [0.1, 0.15) is 13.3 Å². The Bertz CT molecular complexity index is 464. The third-order valence-electron chi connectivity index (χ3n) is 3.92. The third-order valence-corrected chi connectivity index (χ3v) is 3.92. The standard InChI is InChI=1S/C14H20N2O3/c1-9(17)10-4-11(15)7-16(6-10)12-2-3-13-14(5-12)19-8-18-13/h2-3,5,9-11,17H,4,6-8,15H2,1H3. The lowest BCUT2D eigenvalue weighted by atomic mass is 9.90. The number of hydrogen-bond donors (Lipinski definition) is 2. The van der Waals surface area contributed by atoms with E-state index in [1.807, 2.05) is 25.1 Å². The van der Waals surface area contributed by atoms with E-state index in [-0.39, 0.29) is 24.9 Å². The molecule has 0 radical (unpaired) electrons. The molecule has 2 heterocycles. The SMILES string of the molecule is CC(O)C1CC(N)CN(c2ccc3c(c2)OCO3)C1. The Labute approximate surface area is 112 Å². The zero-order valence-corrected chi connectivity index (χ0v) is 11.1. The summed E-state index contributed by atoms with van der Waals surface area (Å²) >= 11 is 0. The molecule has 19 heavy (non-hydrogen) atoms. The van der Waals surface area contributed by atoms with Crippen LogP contribution in [0.15, 0.2) is 18.2 Å². The van der Waals surface area contributed by atoms with Crippen LogP contribution in [0.5, 0.6) is 11.5 Å². The van der Waals surface area contributed by atoms with E-state index in [1.165, 1.54) is 0 Å². The Morgan fingerprint density at radius 2 is 2.11 bits per heavy atom. The highest BCUT2D eigenvalue weighted by Gasteiger charge is 2.28. The van der Waals surface area contributed by atoms with Gasteiger partial charge < -0.3 is 25.2 Å². The van der Waals surface area contributed by atoms with Crippen molar-refractivity contribution >= 4 is 5.69 Å². The average molecular weight is 264 g/mol. The molecule has 3 unspecified atom stereocenters. The Hall–Kier alpha value is -1.46. The summed E-state index contributed by atoms with van der Waals surface area (Å²) in [5, 5.41) is 9.79. The maximum Gasteiger partial charge on any atom is 0.231 e. The van der Waals surface area contributed by atoms with Crippen LogP contribution in [-0.4, -0.2) is 37.1 Å². The van der Waals surface area contributed by atoms with Crippen molar-refractivity contribution in [1.82, 2.24) is 0 Å². The first-order valence-electron chi connectivity index (χ1n) is 6.71. The van der Waals surface area contributed by atoms with Gasteiger partial charge in [-0.2, -0.15) is 0 Å². The predicted octanol–water partition coefficient (Wildman–Crippen LogP) is 0.950. The third kappa shape index (κ3) is 2.48. The summed E-state index contributed by atoms with van der Waals surface area (Å²) in [7, 11) is 0. The zero-order valence-electron chi connectivity index (χ0n) is 11.1. The number of ether oxygens (including phenoxy) is 2. The molecule has 0 saturated carbocycles. The van der Waals surface area contributed by atoms with E-state index in [0.717, 1.165) is 36.7 Å². The molecule has 0 amide bonds. The van der Waals surface area contributed by atoms with Crippen molar-refractivity contribution in [2.75, 3.05) is 24.8 Å². The van der Waals surface area contributed by atoms with Crippen molar-refractivity contribution in [3.05, 3.63) is 18.2 Å². The van der Waals surface area contributed by atoms with Gasteiger partial charge in [0.25, 0.3) is 0 Å². The Kier molecular flexibility index (Phi) is 3.24. The molecule has 0 spiro atoms. The van der Waals surface area contributed by atoms with Crippen LogP contribution in [0.2, 0.25) is 0 Å². The van der Waals surface area contributed by atoms with E-state index in [2.05, 4.69) is 4.90 Å². The number of rotatable bonds is 2. The monoisotopic (exact) mass is 264 g/mol. The first kappa shape index (κ1) is 12.6. The van der Waals surface area contributed by atoms with Gasteiger partial charge in [0.15, 0.2) is 11.5 Å². The van der Waals surface area contributed by atoms with Gasteiger partial charge in [0.2, 0.25) is 6.79 Å². The number of anilines is 1. The lowest BCUT2D eigenvalue weighted by Crippen LogP contribution is -2.49. The van der Waals surface area contributed by atoms with E-state index >= 15 is 0 Å². The van der Waals surface area contributed by atoms with E-state index in [0.29, 0.717) is 0 Å². The van der Waals surface area contributed by atoms with Crippen LogP contribution < -0.4 is 20.1 Å². The molecule has 5 nitrogen and oxygen atoms in total. The summed E-state index contributed by atoms with van der Waals surface area (Å²) in [6, 6.07) is 6.03. The minimum Gasteiger partial charge on any atom is -0.454 e. The highest BCUT2D eigenvalue weighted by molar-refractivity contribution is 5.57. The van der Waals surface area contributed by atoms with Gasteiger partial charge in [0.1, 0.15) is 0 Å². The second-order valence-electron chi connectivity index (χ2n) is 5.44. The van der Waals surface area contributed by atoms with Crippen LogP contribution in [0.3, 0.4) is 0 Å². The number of nitrogens with zero attached hydrogens (tertiary/aromatic N) is 1. The quantitative estimate of drug-likeness (QED) is 0.832. The Morgan fingerprint density at radius 3 is 2.89 bits per heavy atom. The number of fused-ring (bicyclic) bond motifs is 1. The van der Waals surface area contributed by atoms with E-state index < -0.39 is 0 Å². The van der Waals surface area contributed by atoms with Crippen molar-refractivity contribution in [2.45, 2.75) is 25.5 Å².